The van der Waals surface area contributed by atoms with Gasteiger partial charge in [-0.15, -0.1) is 0 Å². The minimum atomic E-state index is -0.704. The van der Waals surface area contributed by atoms with Crippen molar-refractivity contribution in [2.24, 2.45) is 0 Å². The molecule has 1 aromatic carbocycles. The Morgan fingerprint density at radius 1 is 1.30 bits per heavy atom. The highest BCUT2D eigenvalue weighted by molar-refractivity contribution is 5.85. The normalized spacial score (nSPS) is 29.3. The molecule has 2 aromatic rings. The summed E-state index contributed by atoms with van der Waals surface area (Å²) in [7, 11) is 0. The minimum absolute atomic E-state index is 0.0511. The van der Waals surface area contributed by atoms with E-state index in [0.717, 1.165) is 5.56 Å². The highest BCUT2D eigenvalue weighted by Gasteiger charge is 2.64. The molecule has 3 fully saturated rings. The van der Waals surface area contributed by atoms with Crippen molar-refractivity contribution >= 4 is 11.8 Å². The van der Waals surface area contributed by atoms with E-state index >= 15 is 0 Å². The molecule has 3 saturated heterocycles. The summed E-state index contributed by atoms with van der Waals surface area (Å²) in [6.07, 6.45) is 0.908. The van der Waals surface area contributed by atoms with Crippen molar-refractivity contribution in [3.63, 3.8) is 0 Å². The van der Waals surface area contributed by atoms with Crippen LogP contribution in [0.4, 0.5) is 0 Å². The fourth-order valence-corrected chi connectivity index (χ4v) is 4.62. The van der Waals surface area contributed by atoms with Crippen LogP contribution in [0.25, 0.3) is 0 Å². The number of likely N-dealkylation sites (tertiary alicyclic amines) is 1. The van der Waals surface area contributed by atoms with Crippen LogP contribution in [0.1, 0.15) is 35.9 Å². The number of benzene rings is 1. The monoisotopic (exact) mass is 368 g/mol. The fourth-order valence-electron chi connectivity index (χ4n) is 4.62. The molecule has 27 heavy (non-hydrogen) atoms. The maximum Gasteiger partial charge on any atom is 0.229 e. The second kappa shape index (κ2) is 5.88. The second-order valence-corrected chi connectivity index (χ2v) is 7.40. The van der Waals surface area contributed by atoms with Crippen LogP contribution in [0.3, 0.4) is 0 Å². The van der Waals surface area contributed by atoms with Crippen LogP contribution >= 0.6 is 0 Å². The topological polar surface area (TPSA) is 88.8 Å². The van der Waals surface area contributed by atoms with Gasteiger partial charge in [0.25, 0.3) is 0 Å². The first-order valence-electron chi connectivity index (χ1n) is 9.19. The Morgan fingerprint density at radius 3 is 2.85 bits per heavy atom. The molecule has 3 aliphatic heterocycles. The molecule has 3 aliphatic rings. The number of amides is 2. The van der Waals surface area contributed by atoms with Crippen LogP contribution < -0.4 is 0 Å². The molecule has 0 bridgehead atoms. The molecule has 8 nitrogen and oxygen atoms in total. The fraction of sp³-hybridized carbons (Fsp3) is 0.474. The third-order valence-corrected chi connectivity index (χ3v) is 5.99. The number of carbonyl (C=O) groups is 2. The lowest BCUT2D eigenvalue weighted by atomic mass is 10.1. The summed E-state index contributed by atoms with van der Waals surface area (Å²) in [6.45, 7) is 2.86. The zero-order chi connectivity index (χ0) is 18.6. The highest BCUT2D eigenvalue weighted by atomic mass is 16.6. The van der Waals surface area contributed by atoms with Crippen molar-refractivity contribution in [3.05, 3.63) is 47.3 Å². The SMILES string of the molecule is Cc1nonc1CC(=O)N1CC[C@@]23O[C@H](c4ccccc4)CN2C(=O)C[C@@H]13. The molecule has 5 rings (SSSR count). The van der Waals surface area contributed by atoms with Crippen molar-refractivity contribution < 1.29 is 19.0 Å². The number of hydrogen-bond acceptors (Lipinski definition) is 6. The van der Waals surface area contributed by atoms with Crippen LogP contribution in [-0.4, -0.2) is 56.8 Å². The van der Waals surface area contributed by atoms with E-state index in [0.29, 0.717) is 37.3 Å². The van der Waals surface area contributed by atoms with Crippen molar-refractivity contribution in [1.29, 1.82) is 0 Å². The second-order valence-electron chi connectivity index (χ2n) is 7.40. The molecule has 0 aliphatic carbocycles. The van der Waals surface area contributed by atoms with Gasteiger partial charge in [0.2, 0.25) is 11.8 Å². The van der Waals surface area contributed by atoms with Gasteiger partial charge in [-0.3, -0.25) is 9.59 Å². The van der Waals surface area contributed by atoms with E-state index in [1.165, 1.54) is 0 Å². The third-order valence-electron chi connectivity index (χ3n) is 5.99. The van der Waals surface area contributed by atoms with Crippen LogP contribution in [0, 0.1) is 6.92 Å². The summed E-state index contributed by atoms with van der Waals surface area (Å²) < 4.78 is 11.1. The van der Waals surface area contributed by atoms with E-state index in [9.17, 15) is 9.59 Å². The predicted octanol–water partition coefficient (Wildman–Crippen LogP) is 1.22. The van der Waals surface area contributed by atoms with Gasteiger partial charge in [0.05, 0.1) is 25.4 Å². The van der Waals surface area contributed by atoms with Gasteiger partial charge in [0.15, 0.2) is 5.72 Å². The van der Waals surface area contributed by atoms with Crippen molar-refractivity contribution in [3.8, 4) is 0 Å². The van der Waals surface area contributed by atoms with Crippen molar-refractivity contribution in [2.45, 2.75) is 44.1 Å². The lowest BCUT2D eigenvalue weighted by molar-refractivity contribution is -0.142. The zero-order valence-electron chi connectivity index (χ0n) is 15.0. The Bertz CT molecular complexity index is 898. The Balaban J connectivity index is 1.39. The van der Waals surface area contributed by atoms with Crippen LogP contribution in [0.15, 0.2) is 35.0 Å². The average molecular weight is 368 g/mol. The van der Waals surface area contributed by atoms with Crippen LogP contribution in [-0.2, 0) is 20.7 Å². The maximum absolute atomic E-state index is 12.9. The van der Waals surface area contributed by atoms with Gasteiger partial charge >= 0.3 is 0 Å². The molecule has 0 unspecified atom stereocenters. The quantitative estimate of drug-likeness (QED) is 0.809. The first kappa shape index (κ1) is 16.4. The van der Waals surface area contributed by atoms with Gasteiger partial charge in [-0.2, -0.15) is 0 Å². The molecule has 0 saturated carbocycles. The van der Waals surface area contributed by atoms with Crippen molar-refractivity contribution in [2.75, 3.05) is 13.1 Å². The first-order chi connectivity index (χ1) is 13.1. The van der Waals surface area contributed by atoms with Gasteiger partial charge < -0.3 is 14.5 Å². The Labute approximate surface area is 156 Å². The van der Waals surface area contributed by atoms with Gasteiger partial charge in [0.1, 0.15) is 17.5 Å². The number of hydrogen-bond donors (Lipinski definition) is 0. The lowest BCUT2D eigenvalue weighted by Gasteiger charge is -2.31. The molecular formula is C19H20N4O4. The molecular weight excluding hydrogens is 348 g/mol. The van der Waals surface area contributed by atoms with E-state index in [2.05, 4.69) is 14.9 Å². The molecule has 1 aromatic heterocycles. The van der Waals surface area contributed by atoms with Gasteiger partial charge in [-0.05, 0) is 12.5 Å². The molecule has 140 valence electrons. The number of carbonyl (C=O) groups excluding carboxylic acids is 2. The van der Waals surface area contributed by atoms with Crippen molar-refractivity contribution in [1.82, 2.24) is 20.1 Å². The summed E-state index contributed by atoms with van der Waals surface area (Å²) in [5.41, 5.74) is 1.51. The number of nitrogens with zero attached hydrogens (tertiary/aromatic N) is 4. The first-order valence-corrected chi connectivity index (χ1v) is 9.19. The number of ether oxygens (including phenoxy) is 1. The van der Waals surface area contributed by atoms with Gasteiger partial charge in [0, 0.05) is 13.0 Å². The predicted molar refractivity (Wildman–Crippen MR) is 92.2 cm³/mol. The summed E-state index contributed by atoms with van der Waals surface area (Å²) in [6, 6.07) is 9.67. The van der Waals surface area contributed by atoms with Gasteiger partial charge in [-0.1, -0.05) is 40.6 Å². The average Bonchev–Trinajstić information content (AvgIpc) is 3.39. The van der Waals surface area contributed by atoms with Crippen LogP contribution in [0.2, 0.25) is 0 Å². The minimum Gasteiger partial charge on any atom is -0.343 e. The number of aromatic nitrogens is 2. The number of aryl methyl sites for hydroxylation is 1. The lowest BCUT2D eigenvalue weighted by Crippen LogP contribution is -2.49. The van der Waals surface area contributed by atoms with Crippen LogP contribution in [0.5, 0.6) is 0 Å². The molecule has 0 radical (unpaired) electrons. The number of rotatable bonds is 3. The molecule has 3 atom stereocenters. The van der Waals surface area contributed by atoms with E-state index in [-0.39, 0.29) is 30.4 Å². The summed E-state index contributed by atoms with van der Waals surface area (Å²) in [4.78, 5) is 29.1. The maximum atomic E-state index is 12.9. The summed E-state index contributed by atoms with van der Waals surface area (Å²) >= 11 is 0. The van der Waals surface area contributed by atoms with Gasteiger partial charge in [-0.25, -0.2) is 4.63 Å². The molecule has 4 heterocycles. The smallest absolute Gasteiger partial charge is 0.229 e. The Morgan fingerprint density at radius 2 is 2.11 bits per heavy atom. The third kappa shape index (κ3) is 2.39. The molecule has 0 N–H and O–H groups in total. The van der Waals surface area contributed by atoms with E-state index in [1.54, 1.807) is 11.8 Å². The molecule has 1 spiro atoms. The van der Waals surface area contributed by atoms with E-state index < -0.39 is 5.72 Å². The molecule has 2 amide bonds. The largest absolute Gasteiger partial charge is 0.343 e. The zero-order valence-corrected chi connectivity index (χ0v) is 15.0. The summed E-state index contributed by atoms with van der Waals surface area (Å²) in [5, 5.41) is 7.53. The summed E-state index contributed by atoms with van der Waals surface area (Å²) in [5.74, 6) is -0.0210. The van der Waals surface area contributed by atoms with E-state index in [1.807, 2.05) is 35.2 Å². The standard InChI is InChI=1S/C19H20N4O4/c1-12-14(21-27-20-12)9-17(24)22-8-7-19-16(22)10-18(25)23(19)11-15(26-19)13-5-3-2-4-6-13/h2-6,15-16H,7-11H2,1H3/t15-,16+,19-/m0/s1. The van der Waals surface area contributed by atoms with E-state index in [4.69, 9.17) is 4.74 Å². The Hall–Kier alpha value is -2.74. The Kier molecular flexibility index (Phi) is 3.58. The molecule has 8 heteroatoms. The highest BCUT2D eigenvalue weighted by Crippen LogP contribution is 2.50.